The van der Waals surface area contributed by atoms with Crippen molar-refractivity contribution >= 4 is 17.1 Å². The van der Waals surface area contributed by atoms with Gasteiger partial charge in [-0.2, -0.15) is 0 Å². The number of esters is 1. The van der Waals surface area contributed by atoms with E-state index in [1.165, 1.54) is 13.1 Å². The lowest BCUT2D eigenvalue weighted by Gasteiger charge is -2.14. The quantitative estimate of drug-likeness (QED) is 0.580. The second kappa shape index (κ2) is 5.14. The van der Waals surface area contributed by atoms with Gasteiger partial charge in [0.05, 0.1) is 0 Å². The maximum atomic E-state index is 11.8. The SMILES string of the molecule is CC(=O)Oc1cccnc1[S+]([O-])C(C)C. The Morgan fingerprint density at radius 1 is 1.60 bits per heavy atom. The van der Waals surface area contributed by atoms with Gasteiger partial charge in [0, 0.05) is 24.3 Å². The fraction of sp³-hybridized carbons (Fsp3) is 0.400. The molecule has 0 saturated carbocycles. The van der Waals surface area contributed by atoms with Gasteiger partial charge in [0.2, 0.25) is 5.75 Å². The van der Waals surface area contributed by atoms with Crippen LogP contribution in [-0.4, -0.2) is 20.8 Å². The van der Waals surface area contributed by atoms with Gasteiger partial charge in [0.15, 0.2) is 0 Å². The number of rotatable bonds is 3. The molecular formula is C10H13NO3S. The van der Waals surface area contributed by atoms with E-state index >= 15 is 0 Å². The first-order valence-corrected chi connectivity index (χ1v) is 5.77. The van der Waals surface area contributed by atoms with Crippen LogP contribution in [0.1, 0.15) is 20.8 Å². The van der Waals surface area contributed by atoms with Crippen LogP contribution in [-0.2, 0) is 16.0 Å². The van der Waals surface area contributed by atoms with Gasteiger partial charge >= 0.3 is 5.97 Å². The Morgan fingerprint density at radius 2 is 2.27 bits per heavy atom. The summed E-state index contributed by atoms with van der Waals surface area (Å²) in [5.41, 5.74) is 0. The van der Waals surface area contributed by atoms with Gasteiger partial charge in [0.25, 0.3) is 5.03 Å². The standard InChI is InChI=1S/C10H13NO3S/c1-7(2)15(13)10-9(14-8(3)12)5-4-6-11-10/h4-7H,1-3H3. The number of aromatic nitrogens is 1. The molecule has 0 radical (unpaired) electrons. The molecule has 0 N–H and O–H groups in total. The molecule has 1 rings (SSSR count). The molecule has 15 heavy (non-hydrogen) atoms. The number of ether oxygens (including phenoxy) is 1. The minimum atomic E-state index is -1.25. The van der Waals surface area contributed by atoms with Crippen LogP contribution in [0.4, 0.5) is 0 Å². The average Bonchev–Trinajstić information content (AvgIpc) is 2.16. The number of hydrogen-bond donors (Lipinski definition) is 0. The van der Waals surface area contributed by atoms with Crippen LogP contribution in [0.25, 0.3) is 0 Å². The minimum absolute atomic E-state index is 0.0609. The molecular weight excluding hydrogens is 214 g/mol. The zero-order valence-corrected chi connectivity index (χ0v) is 9.71. The zero-order chi connectivity index (χ0) is 11.4. The highest BCUT2D eigenvalue weighted by Gasteiger charge is 2.23. The van der Waals surface area contributed by atoms with Crippen molar-refractivity contribution in [2.75, 3.05) is 0 Å². The van der Waals surface area contributed by atoms with E-state index in [1.54, 1.807) is 12.1 Å². The predicted molar refractivity (Wildman–Crippen MR) is 57.1 cm³/mol. The van der Waals surface area contributed by atoms with Gasteiger partial charge in [-0.3, -0.25) is 4.79 Å². The third kappa shape index (κ3) is 3.21. The predicted octanol–water partition coefficient (Wildman–Crippen LogP) is 1.52. The van der Waals surface area contributed by atoms with Crippen LogP contribution < -0.4 is 4.74 Å². The van der Waals surface area contributed by atoms with E-state index in [4.69, 9.17) is 4.74 Å². The van der Waals surface area contributed by atoms with Crippen LogP contribution >= 0.6 is 0 Å². The van der Waals surface area contributed by atoms with Gasteiger partial charge < -0.3 is 9.29 Å². The molecule has 0 aliphatic carbocycles. The summed E-state index contributed by atoms with van der Waals surface area (Å²) in [5.74, 6) is -0.165. The van der Waals surface area contributed by atoms with Gasteiger partial charge in [-0.1, -0.05) is 0 Å². The Labute approximate surface area is 91.8 Å². The number of hydrogen-bond acceptors (Lipinski definition) is 4. The summed E-state index contributed by atoms with van der Waals surface area (Å²) < 4.78 is 16.7. The molecule has 0 aliphatic rings. The van der Waals surface area contributed by atoms with E-state index in [2.05, 4.69) is 4.98 Å². The maximum Gasteiger partial charge on any atom is 0.308 e. The fourth-order valence-electron chi connectivity index (χ4n) is 0.983. The molecule has 1 heterocycles. The molecule has 5 heteroatoms. The lowest BCUT2D eigenvalue weighted by molar-refractivity contribution is -0.132. The smallest absolute Gasteiger partial charge is 0.308 e. The molecule has 4 nitrogen and oxygen atoms in total. The monoisotopic (exact) mass is 227 g/mol. The van der Waals surface area contributed by atoms with Crippen molar-refractivity contribution in [3.05, 3.63) is 18.3 Å². The second-order valence-electron chi connectivity index (χ2n) is 3.25. The molecule has 82 valence electrons. The van der Waals surface area contributed by atoms with Crippen molar-refractivity contribution in [3.63, 3.8) is 0 Å². The van der Waals surface area contributed by atoms with Gasteiger partial charge in [-0.05, 0) is 26.0 Å². The first kappa shape index (κ1) is 12.0. The third-order valence-corrected chi connectivity index (χ3v) is 3.15. The summed E-state index contributed by atoms with van der Waals surface area (Å²) in [5, 5.41) is 0.261. The van der Waals surface area contributed by atoms with E-state index in [9.17, 15) is 9.35 Å². The Bertz CT molecular complexity index is 354. The van der Waals surface area contributed by atoms with E-state index in [1.807, 2.05) is 13.8 Å². The molecule has 1 aromatic heterocycles. The zero-order valence-electron chi connectivity index (χ0n) is 8.89. The third-order valence-electron chi connectivity index (χ3n) is 1.61. The molecule has 1 aromatic rings. The Hall–Kier alpha value is -1.07. The van der Waals surface area contributed by atoms with Crippen molar-refractivity contribution < 1.29 is 14.1 Å². The number of nitrogens with zero attached hydrogens (tertiary/aromatic N) is 1. The summed E-state index contributed by atoms with van der Waals surface area (Å²) in [6, 6.07) is 3.23. The fourth-order valence-corrected chi connectivity index (χ4v) is 1.90. The van der Waals surface area contributed by atoms with Crippen LogP contribution in [0.2, 0.25) is 0 Å². The van der Waals surface area contributed by atoms with E-state index in [0.29, 0.717) is 5.03 Å². The second-order valence-corrected chi connectivity index (χ2v) is 5.17. The van der Waals surface area contributed by atoms with Crippen molar-refractivity contribution in [3.8, 4) is 5.75 Å². The topological polar surface area (TPSA) is 62.2 Å². The summed E-state index contributed by atoms with van der Waals surface area (Å²) in [4.78, 5) is 14.8. The molecule has 0 saturated heterocycles. The molecule has 1 unspecified atom stereocenters. The number of pyridine rings is 1. The summed E-state index contributed by atoms with van der Waals surface area (Å²) in [7, 11) is 0. The van der Waals surface area contributed by atoms with Crippen LogP contribution in [0.5, 0.6) is 5.75 Å². The average molecular weight is 227 g/mol. The van der Waals surface area contributed by atoms with E-state index in [0.717, 1.165) is 0 Å². The molecule has 0 amide bonds. The Kier molecular flexibility index (Phi) is 4.11. The number of carbonyl (C=O) groups is 1. The highest BCUT2D eigenvalue weighted by molar-refractivity contribution is 7.92. The van der Waals surface area contributed by atoms with Crippen LogP contribution in [0.15, 0.2) is 23.4 Å². The molecule has 0 fully saturated rings. The van der Waals surface area contributed by atoms with Gasteiger partial charge in [-0.15, -0.1) is 0 Å². The lowest BCUT2D eigenvalue weighted by atomic mass is 10.5. The Balaban J connectivity index is 3.00. The van der Waals surface area contributed by atoms with Crippen molar-refractivity contribution in [1.82, 2.24) is 4.98 Å². The van der Waals surface area contributed by atoms with Crippen molar-refractivity contribution in [1.29, 1.82) is 0 Å². The molecule has 0 aromatic carbocycles. The van der Waals surface area contributed by atoms with Crippen molar-refractivity contribution in [2.24, 2.45) is 0 Å². The van der Waals surface area contributed by atoms with E-state index < -0.39 is 17.1 Å². The highest BCUT2D eigenvalue weighted by atomic mass is 32.2. The van der Waals surface area contributed by atoms with E-state index in [-0.39, 0.29) is 11.0 Å². The molecule has 0 bridgehead atoms. The van der Waals surface area contributed by atoms with Gasteiger partial charge in [0.1, 0.15) is 5.25 Å². The summed E-state index contributed by atoms with van der Waals surface area (Å²) >= 11 is -1.25. The normalized spacial score (nSPS) is 12.6. The minimum Gasteiger partial charge on any atom is -0.610 e. The summed E-state index contributed by atoms with van der Waals surface area (Å²) in [6.07, 6.45) is 1.53. The molecule has 0 spiro atoms. The number of carbonyl (C=O) groups excluding carboxylic acids is 1. The lowest BCUT2D eigenvalue weighted by Crippen LogP contribution is -2.17. The van der Waals surface area contributed by atoms with Crippen LogP contribution in [0.3, 0.4) is 0 Å². The largest absolute Gasteiger partial charge is 0.610 e. The molecule has 0 aliphatic heterocycles. The Morgan fingerprint density at radius 3 is 2.80 bits per heavy atom. The highest BCUT2D eigenvalue weighted by Crippen LogP contribution is 2.24. The maximum absolute atomic E-state index is 11.8. The van der Waals surface area contributed by atoms with Crippen molar-refractivity contribution in [2.45, 2.75) is 31.0 Å². The van der Waals surface area contributed by atoms with Crippen LogP contribution in [0, 0.1) is 0 Å². The first-order valence-electron chi connectivity index (χ1n) is 4.56. The molecule has 1 atom stereocenters. The first-order chi connectivity index (χ1) is 7.02. The van der Waals surface area contributed by atoms with Gasteiger partial charge in [-0.25, -0.2) is 4.98 Å². The summed E-state index contributed by atoms with van der Waals surface area (Å²) in [6.45, 7) is 4.94.